The van der Waals surface area contributed by atoms with Crippen molar-refractivity contribution in [2.45, 2.75) is 6.92 Å². The third-order valence-corrected chi connectivity index (χ3v) is 2.62. The number of aromatic carboxylic acids is 1. The van der Waals surface area contributed by atoms with E-state index in [0.29, 0.717) is 23.1 Å². The summed E-state index contributed by atoms with van der Waals surface area (Å²) in [6.07, 6.45) is 1.07. The lowest BCUT2D eigenvalue weighted by atomic mass is 10.3. The van der Waals surface area contributed by atoms with Crippen molar-refractivity contribution in [1.82, 2.24) is 9.97 Å². The first-order chi connectivity index (χ1) is 10.3. The molecule has 0 atom stereocenters. The number of nitrogen functional groups attached to an aromatic ring is 3. The summed E-state index contributed by atoms with van der Waals surface area (Å²) in [4.78, 5) is 17.3. The number of aromatic nitrogens is 2. The molecule has 0 bridgehead atoms. The molecule has 1 aromatic heterocycles. The van der Waals surface area contributed by atoms with Crippen molar-refractivity contribution < 1.29 is 14.6 Å². The summed E-state index contributed by atoms with van der Waals surface area (Å²) in [7, 11) is 0. The van der Waals surface area contributed by atoms with Crippen molar-refractivity contribution in [3.8, 4) is 5.75 Å². The third kappa shape index (κ3) is 4.98. The second-order valence-electron chi connectivity index (χ2n) is 3.96. The van der Waals surface area contributed by atoms with Crippen LogP contribution in [-0.2, 0) is 0 Å². The van der Waals surface area contributed by atoms with Crippen molar-refractivity contribution >= 4 is 35.0 Å². The molecule has 9 heteroatoms. The zero-order chi connectivity index (χ0) is 16.7. The first-order valence-electron chi connectivity index (χ1n) is 6.14. The summed E-state index contributed by atoms with van der Waals surface area (Å²) < 4.78 is 5.20. The van der Waals surface area contributed by atoms with Gasteiger partial charge in [-0.25, -0.2) is 9.78 Å². The van der Waals surface area contributed by atoms with Gasteiger partial charge in [0, 0.05) is 11.9 Å². The highest BCUT2D eigenvalue weighted by molar-refractivity contribution is 6.32. The average Bonchev–Trinajstić information content (AvgIpc) is 2.42. The summed E-state index contributed by atoms with van der Waals surface area (Å²) >= 11 is 5.80. The maximum Gasteiger partial charge on any atom is 0.341 e. The molecule has 22 heavy (non-hydrogen) atoms. The van der Waals surface area contributed by atoms with Gasteiger partial charge in [0.15, 0.2) is 0 Å². The molecule has 0 fully saturated rings. The summed E-state index contributed by atoms with van der Waals surface area (Å²) in [5.74, 6) is -0.636. The second-order valence-corrected chi connectivity index (χ2v) is 4.36. The van der Waals surface area contributed by atoms with E-state index >= 15 is 0 Å². The fourth-order valence-corrected chi connectivity index (χ4v) is 1.61. The normalized spacial score (nSPS) is 9.55. The molecule has 1 aromatic carbocycles. The molecule has 0 aliphatic carbocycles. The first kappa shape index (κ1) is 17.3. The van der Waals surface area contributed by atoms with Crippen LogP contribution in [0.4, 0.5) is 17.5 Å². The molecule has 8 nitrogen and oxygen atoms in total. The Labute approximate surface area is 131 Å². The Bertz CT molecular complexity index is 666. The minimum absolute atomic E-state index is 0.0347. The highest BCUT2D eigenvalue weighted by Gasteiger charge is 2.08. The minimum atomic E-state index is -1.16. The number of hydrogen-bond donors (Lipinski definition) is 4. The summed E-state index contributed by atoms with van der Waals surface area (Å²) in [6, 6.07) is 5.20. The van der Waals surface area contributed by atoms with Gasteiger partial charge in [-0.2, -0.15) is 4.98 Å². The largest absolute Gasteiger partial charge is 0.492 e. The minimum Gasteiger partial charge on any atom is -0.492 e. The Kier molecular flexibility index (Phi) is 6.21. The lowest BCUT2D eigenvalue weighted by molar-refractivity contribution is 0.0697. The van der Waals surface area contributed by atoms with E-state index in [0.717, 1.165) is 6.20 Å². The number of nitrogens with zero attached hydrogens (tertiary/aromatic N) is 2. The van der Waals surface area contributed by atoms with Crippen LogP contribution in [0.1, 0.15) is 17.3 Å². The van der Waals surface area contributed by atoms with Crippen molar-refractivity contribution in [2.24, 2.45) is 0 Å². The predicted octanol–water partition coefficient (Wildman–Crippen LogP) is 1.66. The Morgan fingerprint density at radius 2 is 2.05 bits per heavy atom. The van der Waals surface area contributed by atoms with E-state index in [9.17, 15) is 4.79 Å². The molecule has 0 amide bonds. The number of halogens is 1. The summed E-state index contributed by atoms with van der Waals surface area (Å²) in [6.45, 7) is 2.52. The van der Waals surface area contributed by atoms with Crippen LogP contribution in [0.5, 0.6) is 5.75 Å². The van der Waals surface area contributed by atoms with Gasteiger partial charge < -0.3 is 27.0 Å². The Morgan fingerprint density at radius 1 is 1.36 bits per heavy atom. The van der Waals surface area contributed by atoms with Crippen LogP contribution in [0.2, 0.25) is 5.02 Å². The smallest absolute Gasteiger partial charge is 0.341 e. The van der Waals surface area contributed by atoms with Crippen molar-refractivity contribution in [3.63, 3.8) is 0 Å². The van der Waals surface area contributed by atoms with Crippen LogP contribution < -0.4 is 21.9 Å². The van der Waals surface area contributed by atoms with E-state index < -0.39 is 5.97 Å². The summed E-state index contributed by atoms with van der Waals surface area (Å²) in [5.41, 5.74) is 16.3. The molecule has 7 N–H and O–H groups in total. The standard InChI is InChI=1S/C8H10ClNO.C5H6N4O2/c1-2-11-8-4-3-6(10)5-7(8)9;6-3-2(4(10)11)1-8-5(7)9-3/h3-5H,2,10H2,1H3;1H,(H,10,11)(H4,6,7,8,9). The molecule has 0 saturated carbocycles. The number of rotatable bonds is 3. The van der Waals surface area contributed by atoms with Gasteiger partial charge >= 0.3 is 5.97 Å². The van der Waals surface area contributed by atoms with Gasteiger partial charge in [-0.1, -0.05) is 11.6 Å². The molecule has 0 saturated heterocycles. The first-order valence-corrected chi connectivity index (χ1v) is 6.52. The van der Waals surface area contributed by atoms with Gasteiger partial charge in [0.25, 0.3) is 0 Å². The molecule has 0 radical (unpaired) electrons. The molecule has 0 aliphatic rings. The fraction of sp³-hybridized carbons (Fsp3) is 0.154. The quantitative estimate of drug-likeness (QED) is 0.622. The molecule has 118 valence electrons. The number of nitrogens with two attached hydrogens (primary N) is 3. The lowest BCUT2D eigenvalue weighted by Gasteiger charge is -2.04. The van der Waals surface area contributed by atoms with Gasteiger partial charge in [0.05, 0.1) is 11.6 Å². The van der Waals surface area contributed by atoms with E-state index in [1.165, 1.54) is 0 Å². The second kappa shape index (κ2) is 7.89. The van der Waals surface area contributed by atoms with Crippen LogP contribution in [0.25, 0.3) is 0 Å². The van der Waals surface area contributed by atoms with Crippen LogP contribution in [-0.4, -0.2) is 27.7 Å². The highest BCUT2D eigenvalue weighted by atomic mass is 35.5. The number of benzene rings is 1. The monoisotopic (exact) mass is 325 g/mol. The van der Waals surface area contributed by atoms with E-state index in [1.54, 1.807) is 18.2 Å². The number of anilines is 3. The number of ether oxygens (including phenoxy) is 1. The molecule has 0 spiro atoms. The van der Waals surface area contributed by atoms with Gasteiger partial charge in [-0.05, 0) is 25.1 Å². The highest BCUT2D eigenvalue weighted by Crippen LogP contribution is 2.25. The van der Waals surface area contributed by atoms with Crippen LogP contribution in [0.3, 0.4) is 0 Å². The fourth-order valence-electron chi connectivity index (χ4n) is 1.36. The van der Waals surface area contributed by atoms with Crippen LogP contribution in [0, 0.1) is 0 Å². The van der Waals surface area contributed by atoms with E-state index in [4.69, 9.17) is 38.6 Å². The molecule has 0 unspecified atom stereocenters. The van der Waals surface area contributed by atoms with Crippen LogP contribution >= 0.6 is 11.6 Å². The van der Waals surface area contributed by atoms with E-state index in [-0.39, 0.29) is 17.3 Å². The maximum absolute atomic E-state index is 10.3. The zero-order valence-electron chi connectivity index (χ0n) is 11.8. The molecule has 1 heterocycles. The molecule has 2 aromatic rings. The Hall–Kier alpha value is -2.74. The SMILES string of the molecule is CCOc1ccc(N)cc1Cl.Nc1ncc(C(=O)O)c(N)n1. The molecule has 0 aliphatic heterocycles. The van der Waals surface area contributed by atoms with Crippen molar-refractivity contribution in [2.75, 3.05) is 23.8 Å². The average molecular weight is 326 g/mol. The number of carboxylic acids is 1. The van der Waals surface area contributed by atoms with Gasteiger partial charge in [0.1, 0.15) is 17.1 Å². The Balaban J connectivity index is 0.000000220. The zero-order valence-corrected chi connectivity index (χ0v) is 12.5. The van der Waals surface area contributed by atoms with E-state index in [1.807, 2.05) is 6.92 Å². The predicted molar refractivity (Wildman–Crippen MR) is 84.8 cm³/mol. The summed E-state index contributed by atoms with van der Waals surface area (Å²) in [5, 5.41) is 9.02. The van der Waals surface area contributed by atoms with E-state index in [2.05, 4.69) is 9.97 Å². The Morgan fingerprint density at radius 3 is 2.55 bits per heavy atom. The number of hydrogen-bond acceptors (Lipinski definition) is 7. The van der Waals surface area contributed by atoms with Gasteiger partial charge in [-0.3, -0.25) is 0 Å². The molecule has 2 rings (SSSR count). The van der Waals surface area contributed by atoms with Gasteiger partial charge in [-0.15, -0.1) is 0 Å². The molecular formula is C13H16ClN5O3. The lowest BCUT2D eigenvalue weighted by Crippen LogP contribution is -2.07. The number of carboxylic acid groups (broad SMARTS) is 1. The van der Waals surface area contributed by atoms with Crippen LogP contribution in [0.15, 0.2) is 24.4 Å². The maximum atomic E-state index is 10.3. The van der Waals surface area contributed by atoms with Crippen molar-refractivity contribution in [3.05, 3.63) is 35.0 Å². The molecular weight excluding hydrogens is 310 g/mol. The van der Waals surface area contributed by atoms with Crippen molar-refractivity contribution in [1.29, 1.82) is 0 Å². The third-order valence-electron chi connectivity index (χ3n) is 2.32. The van der Waals surface area contributed by atoms with Gasteiger partial charge in [0.2, 0.25) is 5.95 Å². The topological polar surface area (TPSA) is 150 Å². The number of carbonyl (C=O) groups is 1.